The minimum Gasteiger partial charge on any atom is -0.423 e. The van der Waals surface area contributed by atoms with Crippen molar-refractivity contribution in [2.45, 2.75) is 10.7 Å². The lowest BCUT2D eigenvalue weighted by molar-refractivity contribution is 0.425. The van der Waals surface area contributed by atoms with Crippen molar-refractivity contribution in [1.82, 2.24) is 0 Å². The van der Waals surface area contributed by atoms with Crippen LogP contribution in [0.1, 0.15) is 11.1 Å². The van der Waals surface area contributed by atoms with Crippen molar-refractivity contribution < 1.29 is 10.0 Å². The molecule has 0 spiro atoms. The third-order valence-electron chi connectivity index (χ3n) is 1.68. The van der Waals surface area contributed by atoms with Crippen molar-refractivity contribution in [2.24, 2.45) is 0 Å². The van der Waals surface area contributed by atoms with E-state index in [0.717, 1.165) is 11.1 Å². The highest BCUT2D eigenvalue weighted by atomic mass is 79.9. The molecule has 13 heavy (non-hydrogen) atoms. The van der Waals surface area contributed by atoms with Crippen LogP contribution in [0.15, 0.2) is 18.2 Å². The van der Waals surface area contributed by atoms with Crippen molar-refractivity contribution in [2.75, 3.05) is 0 Å². The van der Waals surface area contributed by atoms with E-state index in [4.69, 9.17) is 10.0 Å². The van der Waals surface area contributed by atoms with Crippen LogP contribution in [0.4, 0.5) is 0 Å². The van der Waals surface area contributed by atoms with Gasteiger partial charge in [0.25, 0.3) is 0 Å². The highest BCUT2D eigenvalue weighted by molar-refractivity contribution is 9.08. The first kappa shape index (κ1) is 11.2. The first-order valence-electron chi connectivity index (χ1n) is 3.78. The summed E-state index contributed by atoms with van der Waals surface area (Å²) in [5.74, 6) is 0. The molecule has 0 radical (unpaired) electrons. The summed E-state index contributed by atoms with van der Waals surface area (Å²) in [6, 6.07) is 5.55. The fourth-order valence-corrected chi connectivity index (χ4v) is 1.74. The average molecular weight is 308 g/mol. The van der Waals surface area contributed by atoms with Gasteiger partial charge in [0.1, 0.15) is 0 Å². The second-order valence-corrected chi connectivity index (χ2v) is 3.85. The minimum absolute atomic E-state index is 0.534. The Morgan fingerprint density at radius 1 is 1.00 bits per heavy atom. The van der Waals surface area contributed by atoms with Gasteiger partial charge < -0.3 is 10.0 Å². The summed E-state index contributed by atoms with van der Waals surface area (Å²) < 4.78 is 0. The Morgan fingerprint density at radius 3 is 1.77 bits per heavy atom. The molecule has 70 valence electrons. The van der Waals surface area contributed by atoms with Gasteiger partial charge in [-0.15, -0.1) is 0 Å². The molecule has 0 amide bonds. The van der Waals surface area contributed by atoms with Crippen molar-refractivity contribution in [3.05, 3.63) is 29.3 Å². The van der Waals surface area contributed by atoms with Crippen LogP contribution in [0.2, 0.25) is 0 Å². The molecule has 1 aromatic carbocycles. The van der Waals surface area contributed by atoms with E-state index >= 15 is 0 Å². The molecule has 0 fully saturated rings. The second kappa shape index (κ2) is 5.15. The predicted octanol–water partition coefficient (Wildman–Crippen LogP) is 1.16. The summed E-state index contributed by atoms with van der Waals surface area (Å²) in [6.07, 6.45) is 0. The van der Waals surface area contributed by atoms with Crippen LogP contribution in [0.3, 0.4) is 0 Å². The van der Waals surface area contributed by atoms with Crippen LogP contribution < -0.4 is 5.46 Å². The Hall–Kier alpha value is 0.165. The molecular weight excluding hydrogens is 299 g/mol. The summed E-state index contributed by atoms with van der Waals surface area (Å²) in [5, 5.41) is 19.4. The van der Waals surface area contributed by atoms with Gasteiger partial charge in [0.2, 0.25) is 0 Å². The van der Waals surface area contributed by atoms with Crippen LogP contribution in [0.5, 0.6) is 0 Å². The lowest BCUT2D eigenvalue weighted by Gasteiger charge is -2.05. The zero-order chi connectivity index (χ0) is 9.84. The largest absolute Gasteiger partial charge is 0.488 e. The molecule has 0 aromatic heterocycles. The molecule has 1 aromatic rings. The van der Waals surface area contributed by atoms with Crippen molar-refractivity contribution >= 4 is 44.4 Å². The van der Waals surface area contributed by atoms with Crippen LogP contribution in [-0.4, -0.2) is 17.2 Å². The third kappa shape index (κ3) is 3.09. The molecule has 0 aliphatic heterocycles. The normalized spacial score (nSPS) is 10.2. The minimum atomic E-state index is -1.39. The quantitative estimate of drug-likeness (QED) is 0.650. The van der Waals surface area contributed by atoms with E-state index in [1.807, 2.05) is 6.07 Å². The molecule has 0 saturated carbocycles. The van der Waals surface area contributed by atoms with Gasteiger partial charge in [0.15, 0.2) is 0 Å². The van der Waals surface area contributed by atoms with Crippen molar-refractivity contribution in [3.63, 3.8) is 0 Å². The summed E-state index contributed by atoms with van der Waals surface area (Å²) in [4.78, 5) is 0. The zero-order valence-electron chi connectivity index (χ0n) is 6.87. The van der Waals surface area contributed by atoms with E-state index in [1.165, 1.54) is 0 Å². The van der Waals surface area contributed by atoms with Gasteiger partial charge in [0, 0.05) is 10.7 Å². The Kier molecular flexibility index (Phi) is 4.45. The standard InChI is InChI=1S/C8H9BBr2O2/c10-4-6-1-7(5-11)3-8(2-6)9(12)13/h1-3,12-13H,4-5H2. The van der Waals surface area contributed by atoms with Gasteiger partial charge in [-0.25, -0.2) is 0 Å². The van der Waals surface area contributed by atoms with E-state index in [9.17, 15) is 0 Å². The monoisotopic (exact) mass is 306 g/mol. The maximum atomic E-state index is 8.99. The molecule has 1 rings (SSSR count). The number of rotatable bonds is 3. The van der Waals surface area contributed by atoms with Gasteiger partial charge in [-0.1, -0.05) is 50.1 Å². The summed E-state index contributed by atoms with van der Waals surface area (Å²) >= 11 is 6.65. The molecule has 0 bridgehead atoms. The Balaban J connectivity index is 3.07. The van der Waals surface area contributed by atoms with Crippen molar-refractivity contribution in [1.29, 1.82) is 0 Å². The molecular formula is C8H9BBr2O2. The predicted molar refractivity (Wildman–Crippen MR) is 61.5 cm³/mol. The first-order chi connectivity index (χ1) is 6.17. The average Bonchev–Trinajstić information content (AvgIpc) is 2.16. The van der Waals surface area contributed by atoms with Crippen LogP contribution in [0, 0.1) is 0 Å². The second-order valence-electron chi connectivity index (χ2n) is 2.72. The smallest absolute Gasteiger partial charge is 0.423 e. The Morgan fingerprint density at radius 2 is 1.46 bits per heavy atom. The lowest BCUT2D eigenvalue weighted by Crippen LogP contribution is -2.30. The molecule has 0 unspecified atom stereocenters. The van der Waals surface area contributed by atoms with E-state index in [2.05, 4.69) is 31.9 Å². The maximum absolute atomic E-state index is 8.99. The Bertz CT molecular complexity index is 269. The van der Waals surface area contributed by atoms with Gasteiger partial charge in [-0.05, 0) is 16.6 Å². The topological polar surface area (TPSA) is 40.5 Å². The zero-order valence-corrected chi connectivity index (χ0v) is 10.0. The first-order valence-corrected chi connectivity index (χ1v) is 6.02. The number of halogens is 2. The summed E-state index contributed by atoms with van der Waals surface area (Å²) in [5.41, 5.74) is 2.62. The molecule has 0 atom stereocenters. The lowest BCUT2D eigenvalue weighted by atomic mass is 9.79. The number of hydrogen-bond acceptors (Lipinski definition) is 2. The highest BCUT2D eigenvalue weighted by Crippen LogP contribution is 2.10. The molecule has 2 nitrogen and oxygen atoms in total. The van der Waals surface area contributed by atoms with Crippen LogP contribution in [0.25, 0.3) is 0 Å². The van der Waals surface area contributed by atoms with Gasteiger partial charge in [0.05, 0.1) is 0 Å². The number of alkyl halides is 2. The van der Waals surface area contributed by atoms with E-state index < -0.39 is 7.12 Å². The summed E-state index contributed by atoms with van der Waals surface area (Å²) in [6.45, 7) is 0. The van der Waals surface area contributed by atoms with Crippen LogP contribution >= 0.6 is 31.9 Å². The van der Waals surface area contributed by atoms with Gasteiger partial charge >= 0.3 is 7.12 Å². The molecule has 5 heteroatoms. The van der Waals surface area contributed by atoms with E-state index in [-0.39, 0.29) is 0 Å². The third-order valence-corrected chi connectivity index (χ3v) is 2.98. The molecule has 0 aliphatic rings. The highest BCUT2D eigenvalue weighted by Gasteiger charge is 2.12. The summed E-state index contributed by atoms with van der Waals surface area (Å²) in [7, 11) is -1.39. The molecule has 2 N–H and O–H groups in total. The molecule has 0 heterocycles. The Labute approximate surface area is 94.4 Å². The number of hydrogen-bond donors (Lipinski definition) is 2. The van der Waals surface area contributed by atoms with E-state index in [1.54, 1.807) is 12.1 Å². The van der Waals surface area contributed by atoms with Crippen LogP contribution in [-0.2, 0) is 10.7 Å². The SMILES string of the molecule is OB(O)c1cc(CBr)cc(CBr)c1. The fourth-order valence-electron chi connectivity index (χ4n) is 1.09. The van der Waals surface area contributed by atoms with Gasteiger partial charge in [-0.3, -0.25) is 0 Å². The number of benzene rings is 1. The van der Waals surface area contributed by atoms with E-state index in [0.29, 0.717) is 16.1 Å². The molecule has 0 aliphatic carbocycles. The molecule has 0 saturated heterocycles. The fraction of sp³-hybridized carbons (Fsp3) is 0.250. The van der Waals surface area contributed by atoms with Crippen molar-refractivity contribution in [3.8, 4) is 0 Å². The maximum Gasteiger partial charge on any atom is 0.488 e. The van der Waals surface area contributed by atoms with Gasteiger partial charge in [-0.2, -0.15) is 0 Å².